The van der Waals surface area contributed by atoms with Gasteiger partial charge in [-0.3, -0.25) is 0 Å². The minimum absolute atomic E-state index is 0. The van der Waals surface area contributed by atoms with Crippen LogP contribution in [0.1, 0.15) is 51.5 Å². The first kappa shape index (κ1) is 19.3. The number of hydrogen-bond donors (Lipinski definition) is 0. The summed E-state index contributed by atoms with van der Waals surface area (Å²) in [7, 11) is 0. The molecule has 0 aromatic heterocycles. The molecule has 0 amide bonds. The second kappa shape index (κ2) is 10.1. The normalized spacial score (nSPS) is 15.1. The third-order valence-electron chi connectivity index (χ3n) is 3.64. The number of aliphatic carboxylic acids is 1. The molecule has 0 aliphatic rings. The van der Waals surface area contributed by atoms with Crippen molar-refractivity contribution < 1.29 is 61.3 Å². The summed E-state index contributed by atoms with van der Waals surface area (Å²) in [5.74, 6) is -0.330. The van der Waals surface area contributed by atoms with Gasteiger partial charge in [-0.05, 0) is 42.6 Å². The molecule has 2 nitrogen and oxygen atoms in total. The van der Waals surface area contributed by atoms with Gasteiger partial charge in [0.05, 0.1) is 0 Å². The molecule has 0 N–H and O–H groups in total. The zero-order chi connectivity index (χ0) is 13.5. The summed E-state index contributed by atoms with van der Waals surface area (Å²) in [6, 6.07) is 10.4. The van der Waals surface area contributed by atoms with Gasteiger partial charge in [0.15, 0.2) is 0 Å². The van der Waals surface area contributed by atoms with Gasteiger partial charge in [0.25, 0.3) is 0 Å². The molecule has 3 unspecified atom stereocenters. The van der Waals surface area contributed by atoms with Gasteiger partial charge >= 0.3 is 51.4 Å². The number of carbonyl (C=O) groups is 1. The standard InChI is InChI=1S/C16H24O2.K/c1-4-14(16(17)18)11-12(2)10-13(3)15-8-6-5-7-9-15;/h5-9,12-14H,4,10-11H2,1-3H3,(H,17,18);/q;+1/p-1. The Morgan fingerprint density at radius 1 is 1.16 bits per heavy atom. The molecule has 100 valence electrons. The third kappa shape index (κ3) is 7.05. The van der Waals surface area contributed by atoms with Crippen molar-refractivity contribution in [2.24, 2.45) is 11.8 Å². The smallest absolute Gasteiger partial charge is 0.550 e. The predicted octanol–water partition coefficient (Wildman–Crippen LogP) is -0.0135. The maximum Gasteiger partial charge on any atom is 1.00 e. The molecule has 1 aromatic carbocycles. The van der Waals surface area contributed by atoms with Crippen LogP contribution in [0.2, 0.25) is 0 Å². The van der Waals surface area contributed by atoms with Crippen LogP contribution >= 0.6 is 0 Å². The van der Waals surface area contributed by atoms with Crippen LogP contribution in [0.3, 0.4) is 0 Å². The summed E-state index contributed by atoms with van der Waals surface area (Å²) in [4.78, 5) is 10.9. The van der Waals surface area contributed by atoms with E-state index in [2.05, 4.69) is 26.0 Å². The topological polar surface area (TPSA) is 40.1 Å². The molecule has 3 atom stereocenters. The maximum absolute atomic E-state index is 10.9. The zero-order valence-corrected chi connectivity index (χ0v) is 15.7. The molecule has 0 aliphatic carbocycles. The molecule has 0 saturated carbocycles. The van der Waals surface area contributed by atoms with E-state index in [0.717, 1.165) is 12.8 Å². The number of rotatable bonds is 7. The Hall–Kier alpha value is 0.326. The quantitative estimate of drug-likeness (QED) is 0.661. The average Bonchev–Trinajstić information content (AvgIpc) is 2.36. The van der Waals surface area contributed by atoms with Crippen LogP contribution in [0.5, 0.6) is 0 Å². The van der Waals surface area contributed by atoms with E-state index in [4.69, 9.17) is 0 Å². The summed E-state index contributed by atoms with van der Waals surface area (Å²) >= 11 is 0. The second-order valence-electron chi connectivity index (χ2n) is 5.31. The Morgan fingerprint density at radius 2 is 1.74 bits per heavy atom. The first-order chi connectivity index (χ1) is 8.54. The van der Waals surface area contributed by atoms with Crippen molar-refractivity contribution in [2.75, 3.05) is 0 Å². The molecule has 0 bridgehead atoms. The van der Waals surface area contributed by atoms with Crippen LogP contribution in [0.25, 0.3) is 0 Å². The first-order valence-electron chi connectivity index (χ1n) is 6.80. The summed E-state index contributed by atoms with van der Waals surface area (Å²) in [5, 5.41) is 10.9. The SMILES string of the molecule is CCC(CC(C)CC(C)c1ccccc1)C(=O)[O-].[K+]. The van der Waals surface area contributed by atoms with E-state index < -0.39 is 5.97 Å². The molecule has 0 radical (unpaired) electrons. The largest absolute Gasteiger partial charge is 1.00 e. The van der Waals surface area contributed by atoms with Gasteiger partial charge in [-0.1, -0.05) is 51.1 Å². The minimum Gasteiger partial charge on any atom is -0.550 e. The minimum atomic E-state index is -0.906. The molecule has 0 aliphatic heterocycles. The Labute approximate surface area is 159 Å². The van der Waals surface area contributed by atoms with E-state index in [9.17, 15) is 9.90 Å². The number of carboxylic acids is 1. The van der Waals surface area contributed by atoms with Crippen molar-refractivity contribution in [3.8, 4) is 0 Å². The van der Waals surface area contributed by atoms with Crippen molar-refractivity contribution in [3.05, 3.63) is 35.9 Å². The van der Waals surface area contributed by atoms with E-state index >= 15 is 0 Å². The molecule has 0 heterocycles. The van der Waals surface area contributed by atoms with Crippen molar-refractivity contribution in [1.82, 2.24) is 0 Å². The van der Waals surface area contributed by atoms with Gasteiger partial charge < -0.3 is 9.90 Å². The van der Waals surface area contributed by atoms with Gasteiger partial charge in [0.1, 0.15) is 0 Å². The Bertz CT molecular complexity index is 364. The van der Waals surface area contributed by atoms with Crippen LogP contribution in [-0.2, 0) is 4.79 Å². The van der Waals surface area contributed by atoms with Crippen LogP contribution in [-0.4, -0.2) is 5.97 Å². The Kier molecular flexibility index (Phi) is 10.3. The molecular formula is C16H23KO2. The Balaban J connectivity index is 0.00000324. The molecule has 19 heavy (non-hydrogen) atoms. The second-order valence-corrected chi connectivity index (χ2v) is 5.31. The fourth-order valence-corrected chi connectivity index (χ4v) is 2.53. The summed E-state index contributed by atoms with van der Waals surface area (Å²) < 4.78 is 0. The van der Waals surface area contributed by atoms with Crippen LogP contribution in [0, 0.1) is 11.8 Å². The van der Waals surface area contributed by atoms with E-state index in [0.29, 0.717) is 18.3 Å². The fraction of sp³-hybridized carbons (Fsp3) is 0.562. The molecule has 0 saturated heterocycles. The molecule has 0 fully saturated rings. The predicted molar refractivity (Wildman–Crippen MR) is 72.0 cm³/mol. The molecular weight excluding hydrogens is 263 g/mol. The van der Waals surface area contributed by atoms with Crippen LogP contribution in [0.15, 0.2) is 30.3 Å². The van der Waals surface area contributed by atoms with E-state index in [1.165, 1.54) is 5.56 Å². The first-order valence-corrected chi connectivity index (χ1v) is 6.80. The number of benzene rings is 1. The van der Waals surface area contributed by atoms with Crippen LogP contribution < -0.4 is 56.5 Å². The molecule has 3 heteroatoms. The van der Waals surface area contributed by atoms with Crippen molar-refractivity contribution in [3.63, 3.8) is 0 Å². The summed E-state index contributed by atoms with van der Waals surface area (Å²) in [6.07, 6.45) is 2.40. The number of carbonyl (C=O) groups excluding carboxylic acids is 1. The van der Waals surface area contributed by atoms with E-state index in [1.54, 1.807) is 0 Å². The Morgan fingerprint density at radius 3 is 2.21 bits per heavy atom. The summed E-state index contributed by atoms with van der Waals surface area (Å²) in [5.41, 5.74) is 1.32. The molecule has 1 aromatic rings. The third-order valence-corrected chi connectivity index (χ3v) is 3.64. The number of carboxylic acid groups (broad SMARTS) is 1. The van der Waals surface area contributed by atoms with Crippen molar-refractivity contribution in [1.29, 1.82) is 0 Å². The van der Waals surface area contributed by atoms with Gasteiger partial charge in [-0.15, -0.1) is 0 Å². The van der Waals surface area contributed by atoms with Gasteiger partial charge in [-0.2, -0.15) is 0 Å². The van der Waals surface area contributed by atoms with Gasteiger partial charge in [0, 0.05) is 5.97 Å². The average molecular weight is 286 g/mol. The van der Waals surface area contributed by atoms with E-state index in [1.807, 2.05) is 25.1 Å². The zero-order valence-electron chi connectivity index (χ0n) is 12.6. The van der Waals surface area contributed by atoms with Gasteiger partial charge in [0.2, 0.25) is 0 Å². The molecule has 0 spiro atoms. The van der Waals surface area contributed by atoms with E-state index in [-0.39, 0.29) is 57.3 Å². The van der Waals surface area contributed by atoms with Crippen molar-refractivity contribution in [2.45, 2.75) is 46.0 Å². The fourth-order valence-electron chi connectivity index (χ4n) is 2.53. The number of hydrogen-bond acceptors (Lipinski definition) is 2. The molecule has 1 rings (SSSR count). The maximum atomic E-state index is 10.9. The van der Waals surface area contributed by atoms with Gasteiger partial charge in [-0.25, -0.2) is 0 Å². The summed E-state index contributed by atoms with van der Waals surface area (Å²) in [6.45, 7) is 6.24. The monoisotopic (exact) mass is 286 g/mol. The van der Waals surface area contributed by atoms with Crippen molar-refractivity contribution >= 4 is 5.97 Å². The van der Waals surface area contributed by atoms with Crippen LogP contribution in [0.4, 0.5) is 0 Å².